The number of hydrogen-bond donors (Lipinski definition) is 0. The van der Waals surface area contributed by atoms with Crippen LogP contribution in [0.4, 0.5) is 0 Å². The predicted octanol–water partition coefficient (Wildman–Crippen LogP) is 1.49. The van der Waals surface area contributed by atoms with Gasteiger partial charge in [-0.25, -0.2) is 4.98 Å². The van der Waals surface area contributed by atoms with Gasteiger partial charge >= 0.3 is 0 Å². The zero-order valence-corrected chi connectivity index (χ0v) is 11.3. The van der Waals surface area contributed by atoms with Crippen LogP contribution in [0.5, 0.6) is 11.8 Å². The monoisotopic (exact) mass is 254 g/mol. The van der Waals surface area contributed by atoms with Crippen LogP contribution < -0.4 is 9.47 Å². The molecule has 0 N–H and O–H groups in total. The molecule has 1 rings (SSSR count). The first-order chi connectivity index (χ1) is 8.52. The molecule has 0 aliphatic heterocycles. The molecule has 18 heavy (non-hydrogen) atoms. The summed E-state index contributed by atoms with van der Waals surface area (Å²) in [5, 5.41) is 0. The zero-order chi connectivity index (χ0) is 13.8. The number of ether oxygens (including phenoxy) is 3. The molecule has 1 aromatic heterocycles. The summed E-state index contributed by atoms with van der Waals surface area (Å²) in [6.07, 6.45) is 1.90. The minimum atomic E-state index is -0.934. The van der Waals surface area contributed by atoms with E-state index in [1.54, 1.807) is 6.92 Å². The Morgan fingerprint density at radius 1 is 1.33 bits per heavy atom. The molecule has 1 heterocycles. The number of carbonyl (C=O) groups excluding carboxylic acids is 1. The van der Waals surface area contributed by atoms with Crippen molar-refractivity contribution in [3.8, 4) is 11.8 Å². The summed E-state index contributed by atoms with van der Waals surface area (Å²) in [6.45, 7) is 3.57. The fraction of sp³-hybridized carbons (Fsp3) is 0.583. The lowest BCUT2D eigenvalue weighted by Gasteiger charge is -2.24. The molecule has 0 saturated carbocycles. The van der Waals surface area contributed by atoms with E-state index in [0.717, 1.165) is 0 Å². The molecule has 1 atom stereocenters. The molecule has 1 unspecified atom stereocenters. The smallest absolute Gasteiger partial charge is 0.246 e. The molecule has 6 heteroatoms. The van der Waals surface area contributed by atoms with E-state index in [2.05, 4.69) is 9.97 Å². The Labute approximate surface area is 106 Å². The zero-order valence-electron chi connectivity index (χ0n) is 11.3. The SMILES string of the molecule is CCC(C)(OC)C(=O)c1ncc(OC)nc1OC. The van der Waals surface area contributed by atoms with Crippen LogP contribution in [0.2, 0.25) is 0 Å². The molecule has 0 amide bonds. The van der Waals surface area contributed by atoms with Gasteiger partial charge in [0.1, 0.15) is 5.60 Å². The lowest BCUT2D eigenvalue weighted by molar-refractivity contribution is 0.00984. The van der Waals surface area contributed by atoms with E-state index < -0.39 is 5.60 Å². The highest BCUT2D eigenvalue weighted by atomic mass is 16.5. The Hall–Kier alpha value is -1.69. The van der Waals surface area contributed by atoms with Crippen molar-refractivity contribution in [2.24, 2.45) is 0 Å². The van der Waals surface area contributed by atoms with Gasteiger partial charge in [-0.15, -0.1) is 0 Å². The molecule has 1 aromatic rings. The maximum absolute atomic E-state index is 12.4. The fourth-order valence-electron chi connectivity index (χ4n) is 1.40. The van der Waals surface area contributed by atoms with Crippen molar-refractivity contribution in [2.45, 2.75) is 25.9 Å². The molecule has 0 radical (unpaired) electrons. The Morgan fingerprint density at radius 2 is 2.00 bits per heavy atom. The highest BCUT2D eigenvalue weighted by Gasteiger charge is 2.35. The average Bonchev–Trinajstić information content (AvgIpc) is 2.44. The Kier molecular flexibility index (Phi) is 4.61. The van der Waals surface area contributed by atoms with Crippen molar-refractivity contribution in [2.75, 3.05) is 21.3 Å². The highest BCUT2D eigenvalue weighted by molar-refractivity contribution is 6.02. The number of ketones is 1. The maximum Gasteiger partial charge on any atom is 0.246 e. The second-order valence-electron chi connectivity index (χ2n) is 3.89. The average molecular weight is 254 g/mol. The molecule has 0 aromatic carbocycles. The third-order valence-electron chi connectivity index (χ3n) is 2.94. The van der Waals surface area contributed by atoms with Crippen LogP contribution in [0.25, 0.3) is 0 Å². The Balaban J connectivity index is 3.20. The summed E-state index contributed by atoms with van der Waals surface area (Å²) >= 11 is 0. The number of nitrogens with zero attached hydrogens (tertiary/aromatic N) is 2. The van der Waals surface area contributed by atoms with E-state index in [-0.39, 0.29) is 17.4 Å². The van der Waals surface area contributed by atoms with E-state index in [0.29, 0.717) is 12.3 Å². The normalized spacial score (nSPS) is 13.8. The summed E-state index contributed by atoms with van der Waals surface area (Å²) in [6, 6.07) is 0. The van der Waals surface area contributed by atoms with Crippen LogP contribution in [-0.4, -0.2) is 42.7 Å². The van der Waals surface area contributed by atoms with E-state index in [9.17, 15) is 4.79 Å². The van der Waals surface area contributed by atoms with Gasteiger partial charge in [-0.2, -0.15) is 4.98 Å². The van der Waals surface area contributed by atoms with E-state index in [1.807, 2.05) is 6.92 Å². The molecule has 0 bridgehead atoms. The van der Waals surface area contributed by atoms with Gasteiger partial charge in [-0.05, 0) is 13.3 Å². The minimum absolute atomic E-state index is 0.135. The summed E-state index contributed by atoms with van der Waals surface area (Å²) < 4.78 is 15.3. The summed E-state index contributed by atoms with van der Waals surface area (Å²) in [5.41, 5.74) is -0.791. The van der Waals surface area contributed by atoms with Gasteiger partial charge in [0.05, 0.1) is 20.4 Å². The van der Waals surface area contributed by atoms with Gasteiger partial charge in [0, 0.05) is 7.11 Å². The lowest BCUT2D eigenvalue weighted by atomic mass is 9.95. The second kappa shape index (κ2) is 5.77. The first-order valence-electron chi connectivity index (χ1n) is 5.57. The number of rotatable bonds is 6. The number of methoxy groups -OCH3 is 3. The molecular formula is C12H18N2O4. The van der Waals surface area contributed by atoms with E-state index >= 15 is 0 Å². The van der Waals surface area contributed by atoms with Crippen molar-refractivity contribution in [3.05, 3.63) is 11.9 Å². The summed E-state index contributed by atoms with van der Waals surface area (Å²) in [5.74, 6) is 0.162. The third kappa shape index (κ3) is 2.59. The van der Waals surface area contributed by atoms with Gasteiger partial charge in [0.15, 0.2) is 5.69 Å². The van der Waals surface area contributed by atoms with Crippen molar-refractivity contribution < 1.29 is 19.0 Å². The third-order valence-corrected chi connectivity index (χ3v) is 2.94. The molecule has 0 fully saturated rings. The van der Waals surface area contributed by atoms with Crippen LogP contribution in [0.3, 0.4) is 0 Å². The predicted molar refractivity (Wildman–Crippen MR) is 65.2 cm³/mol. The van der Waals surface area contributed by atoms with Crippen molar-refractivity contribution >= 4 is 5.78 Å². The molecule has 0 saturated heterocycles. The van der Waals surface area contributed by atoms with Gasteiger partial charge in [-0.1, -0.05) is 6.92 Å². The van der Waals surface area contributed by atoms with Crippen LogP contribution in [0.1, 0.15) is 30.8 Å². The van der Waals surface area contributed by atoms with Gasteiger partial charge < -0.3 is 14.2 Å². The summed E-state index contributed by atoms with van der Waals surface area (Å²) in [4.78, 5) is 20.4. The Morgan fingerprint density at radius 3 is 2.44 bits per heavy atom. The van der Waals surface area contributed by atoms with Crippen molar-refractivity contribution in [1.29, 1.82) is 0 Å². The van der Waals surface area contributed by atoms with Crippen LogP contribution in [0.15, 0.2) is 6.20 Å². The van der Waals surface area contributed by atoms with Crippen LogP contribution >= 0.6 is 0 Å². The second-order valence-corrected chi connectivity index (χ2v) is 3.89. The topological polar surface area (TPSA) is 70.5 Å². The minimum Gasteiger partial charge on any atom is -0.480 e. The van der Waals surface area contributed by atoms with Crippen molar-refractivity contribution in [1.82, 2.24) is 9.97 Å². The Bertz CT molecular complexity index is 430. The number of Topliss-reactive ketones (excluding diaryl/α,β-unsaturated/α-hetero) is 1. The van der Waals surface area contributed by atoms with E-state index in [4.69, 9.17) is 14.2 Å². The van der Waals surface area contributed by atoms with Gasteiger partial charge in [0.25, 0.3) is 0 Å². The molecule has 0 aliphatic rings. The lowest BCUT2D eigenvalue weighted by Crippen LogP contribution is -2.37. The largest absolute Gasteiger partial charge is 0.480 e. The summed E-state index contributed by atoms with van der Waals surface area (Å²) in [7, 11) is 4.39. The van der Waals surface area contributed by atoms with Gasteiger partial charge in [0.2, 0.25) is 17.5 Å². The number of aromatic nitrogens is 2. The van der Waals surface area contributed by atoms with E-state index in [1.165, 1.54) is 27.5 Å². The van der Waals surface area contributed by atoms with Crippen LogP contribution in [-0.2, 0) is 4.74 Å². The molecule has 0 aliphatic carbocycles. The molecular weight excluding hydrogens is 236 g/mol. The maximum atomic E-state index is 12.4. The highest BCUT2D eigenvalue weighted by Crippen LogP contribution is 2.25. The molecule has 100 valence electrons. The molecule has 6 nitrogen and oxygen atoms in total. The fourth-order valence-corrected chi connectivity index (χ4v) is 1.40. The number of hydrogen-bond acceptors (Lipinski definition) is 6. The molecule has 0 spiro atoms. The van der Waals surface area contributed by atoms with Gasteiger partial charge in [-0.3, -0.25) is 4.79 Å². The quantitative estimate of drug-likeness (QED) is 0.716. The first kappa shape index (κ1) is 14.4. The van der Waals surface area contributed by atoms with Crippen LogP contribution in [0, 0.1) is 0 Å². The van der Waals surface area contributed by atoms with Crippen molar-refractivity contribution in [3.63, 3.8) is 0 Å². The first-order valence-corrected chi connectivity index (χ1v) is 5.57. The standard InChI is InChI=1S/C12H18N2O4/c1-6-12(2,18-5)10(15)9-11(17-4)14-8(16-3)7-13-9/h7H,6H2,1-5H3. The number of carbonyl (C=O) groups is 1.